The Morgan fingerprint density at radius 1 is 1.10 bits per heavy atom. The number of aromatic nitrogens is 3. The summed E-state index contributed by atoms with van der Waals surface area (Å²) >= 11 is 0. The minimum Gasteiger partial charge on any atom is -0.462 e. The number of benzene rings is 1. The molecular weight excluding hydrogens is 506 g/mol. The fourth-order valence-corrected chi connectivity index (χ4v) is 4.16. The van der Waals surface area contributed by atoms with Crippen LogP contribution < -0.4 is 11.0 Å². The lowest BCUT2D eigenvalue weighted by molar-refractivity contribution is -0.384. The molecule has 12 nitrogen and oxygen atoms in total. The van der Waals surface area contributed by atoms with E-state index in [0.717, 1.165) is 11.6 Å². The third-order valence-corrected chi connectivity index (χ3v) is 5.99. The van der Waals surface area contributed by atoms with Gasteiger partial charge in [-0.15, -0.1) is 0 Å². The van der Waals surface area contributed by atoms with E-state index in [1.54, 1.807) is 19.2 Å². The van der Waals surface area contributed by atoms with Crippen LogP contribution in [0.2, 0.25) is 0 Å². The van der Waals surface area contributed by atoms with Crippen molar-refractivity contribution in [3.63, 3.8) is 0 Å². The second-order valence-corrected chi connectivity index (χ2v) is 8.57. The van der Waals surface area contributed by atoms with Crippen LogP contribution in [-0.2, 0) is 16.0 Å². The zero-order valence-corrected chi connectivity index (χ0v) is 21.7. The van der Waals surface area contributed by atoms with Crippen molar-refractivity contribution in [2.45, 2.75) is 33.7 Å². The molecule has 0 radical (unpaired) electrons. The SMILES string of the molecule is CCOCCCn1c(=NC(=O)c2cccc([N+](=O)[O-])c2)c(C(=O)OCC)cc2c(=O)n3cccc(C)c3nc21. The van der Waals surface area contributed by atoms with Gasteiger partial charge in [-0.25, -0.2) is 9.78 Å². The van der Waals surface area contributed by atoms with Crippen LogP contribution in [0, 0.1) is 17.0 Å². The molecule has 0 aliphatic carbocycles. The van der Waals surface area contributed by atoms with Gasteiger partial charge < -0.3 is 14.0 Å². The van der Waals surface area contributed by atoms with Gasteiger partial charge in [0.05, 0.1) is 16.9 Å². The molecule has 1 amide bonds. The highest BCUT2D eigenvalue weighted by molar-refractivity contribution is 5.97. The molecule has 202 valence electrons. The smallest absolute Gasteiger partial charge is 0.341 e. The van der Waals surface area contributed by atoms with Crippen molar-refractivity contribution in [2.75, 3.05) is 19.8 Å². The minimum atomic E-state index is -0.809. The number of carbonyl (C=O) groups is 2. The molecule has 0 unspecified atom stereocenters. The number of amides is 1. The predicted octanol–water partition coefficient (Wildman–Crippen LogP) is 3.21. The summed E-state index contributed by atoms with van der Waals surface area (Å²) in [6.45, 7) is 6.44. The predicted molar refractivity (Wildman–Crippen MR) is 142 cm³/mol. The Hall–Kier alpha value is -4.71. The van der Waals surface area contributed by atoms with Crippen LogP contribution in [0.1, 0.15) is 46.5 Å². The van der Waals surface area contributed by atoms with Crippen LogP contribution in [0.4, 0.5) is 5.69 Å². The Bertz CT molecular complexity index is 1720. The molecule has 4 rings (SSSR count). The van der Waals surface area contributed by atoms with Gasteiger partial charge in [0.15, 0.2) is 5.49 Å². The fraction of sp³-hybridized carbons (Fsp3) is 0.296. The zero-order chi connectivity index (χ0) is 28.1. The molecule has 3 aromatic heterocycles. The summed E-state index contributed by atoms with van der Waals surface area (Å²) in [6.07, 6.45) is 2.05. The molecule has 39 heavy (non-hydrogen) atoms. The second kappa shape index (κ2) is 11.8. The number of nitro groups is 1. The Morgan fingerprint density at radius 3 is 2.62 bits per heavy atom. The number of hydrogen-bond acceptors (Lipinski definition) is 8. The van der Waals surface area contributed by atoms with Crippen LogP contribution in [0.5, 0.6) is 0 Å². The molecule has 0 saturated carbocycles. The maximum Gasteiger partial charge on any atom is 0.341 e. The van der Waals surface area contributed by atoms with Gasteiger partial charge in [-0.1, -0.05) is 12.1 Å². The van der Waals surface area contributed by atoms with Gasteiger partial charge in [-0.3, -0.25) is 24.1 Å². The molecule has 12 heteroatoms. The first-order valence-electron chi connectivity index (χ1n) is 12.4. The molecule has 0 spiro atoms. The highest BCUT2D eigenvalue weighted by atomic mass is 16.6. The average Bonchev–Trinajstić information content (AvgIpc) is 2.92. The van der Waals surface area contributed by atoms with Gasteiger partial charge in [0.1, 0.15) is 16.9 Å². The topological polar surface area (TPSA) is 147 Å². The summed E-state index contributed by atoms with van der Waals surface area (Å²) in [7, 11) is 0. The summed E-state index contributed by atoms with van der Waals surface area (Å²) in [5.41, 5.74) is 0.490. The summed E-state index contributed by atoms with van der Waals surface area (Å²) in [5.74, 6) is -1.59. The van der Waals surface area contributed by atoms with Crippen LogP contribution in [0.25, 0.3) is 16.7 Å². The van der Waals surface area contributed by atoms with Crippen molar-refractivity contribution in [2.24, 2.45) is 4.99 Å². The van der Waals surface area contributed by atoms with Gasteiger partial charge in [-0.2, -0.15) is 4.99 Å². The number of ether oxygens (including phenoxy) is 2. The Kier molecular flexibility index (Phi) is 8.25. The van der Waals surface area contributed by atoms with E-state index in [9.17, 15) is 24.5 Å². The quantitative estimate of drug-likeness (QED) is 0.105. The molecule has 0 atom stereocenters. The third-order valence-electron chi connectivity index (χ3n) is 5.99. The number of hydrogen-bond donors (Lipinski definition) is 0. The molecule has 1 aromatic carbocycles. The zero-order valence-electron chi connectivity index (χ0n) is 21.7. The average molecular weight is 534 g/mol. The lowest BCUT2D eigenvalue weighted by Crippen LogP contribution is -2.33. The van der Waals surface area contributed by atoms with Crippen molar-refractivity contribution in [1.82, 2.24) is 14.0 Å². The van der Waals surface area contributed by atoms with Crippen LogP contribution in [0.15, 0.2) is 58.4 Å². The van der Waals surface area contributed by atoms with Crippen LogP contribution >= 0.6 is 0 Å². The molecule has 0 fully saturated rings. The summed E-state index contributed by atoms with van der Waals surface area (Å²) < 4.78 is 13.6. The first-order chi connectivity index (χ1) is 18.8. The van der Waals surface area contributed by atoms with E-state index in [-0.39, 0.29) is 46.5 Å². The number of pyridine rings is 2. The van der Waals surface area contributed by atoms with Crippen molar-refractivity contribution in [3.05, 3.63) is 91.3 Å². The number of rotatable bonds is 9. The van der Waals surface area contributed by atoms with E-state index in [1.165, 1.54) is 33.2 Å². The van der Waals surface area contributed by atoms with Gasteiger partial charge in [0.2, 0.25) is 0 Å². The standard InChI is InChI=1S/C27H27N5O7/c1-4-38-14-8-13-30-23-20(26(34)31-12-7-9-17(3)22(31)28-23)16-21(27(35)39-5-2)24(30)29-25(33)18-10-6-11-19(15-18)32(36)37/h6-7,9-12,15-16H,4-5,8,13-14H2,1-3H3. The highest BCUT2D eigenvalue weighted by Crippen LogP contribution is 2.16. The van der Waals surface area contributed by atoms with Crippen molar-refractivity contribution >= 4 is 34.2 Å². The maximum atomic E-state index is 13.5. The van der Waals surface area contributed by atoms with Crippen LogP contribution in [-0.4, -0.2) is 50.6 Å². The van der Waals surface area contributed by atoms with Crippen molar-refractivity contribution < 1.29 is 24.0 Å². The van der Waals surface area contributed by atoms with Crippen molar-refractivity contribution in [1.29, 1.82) is 0 Å². The number of fused-ring (bicyclic) bond motifs is 2. The number of nitrogens with zero attached hydrogens (tertiary/aromatic N) is 5. The first-order valence-corrected chi connectivity index (χ1v) is 12.4. The van der Waals surface area contributed by atoms with E-state index in [0.29, 0.717) is 25.3 Å². The summed E-state index contributed by atoms with van der Waals surface area (Å²) in [5, 5.41) is 11.4. The minimum absolute atomic E-state index is 0.0395. The van der Waals surface area contributed by atoms with Crippen molar-refractivity contribution in [3.8, 4) is 0 Å². The Labute approximate surface area is 222 Å². The second-order valence-electron chi connectivity index (χ2n) is 8.57. The summed E-state index contributed by atoms with van der Waals surface area (Å²) in [6, 6.07) is 10.0. The molecule has 0 aliphatic heterocycles. The third kappa shape index (κ3) is 5.60. The number of non-ortho nitro benzene ring substituents is 1. The fourth-order valence-electron chi connectivity index (χ4n) is 4.16. The molecule has 3 heterocycles. The van der Waals surface area contributed by atoms with E-state index < -0.39 is 22.4 Å². The lowest BCUT2D eigenvalue weighted by atomic mass is 10.1. The highest BCUT2D eigenvalue weighted by Gasteiger charge is 2.21. The molecule has 0 N–H and O–H groups in total. The lowest BCUT2D eigenvalue weighted by Gasteiger charge is -2.15. The van der Waals surface area contributed by atoms with E-state index in [1.807, 2.05) is 19.9 Å². The Balaban J connectivity index is 2.07. The van der Waals surface area contributed by atoms with Crippen LogP contribution in [0.3, 0.4) is 0 Å². The van der Waals surface area contributed by atoms with Gasteiger partial charge in [-0.05, 0) is 51.0 Å². The molecular formula is C27H27N5O7. The normalized spacial score (nSPS) is 11.7. The largest absolute Gasteiger partial charge is 0.462 e. The maximum absolute atomic E-state index is 13.5. The molecule has 0 bridgehead atoms. The van der Waals surface area contributed by atoms with E-state index in [4.69, 9.17) is 14.5 Å². The van der Waals surface area contributed by atoms with Gasteiger partial charge in [0.25, 0.3) is 17.2 Å². The summed E-state index contributed by atoms with van der Waals surface area (Å²) in [4.78, 5) is 59.4. The van der Waals surface area contributed by atoms with Gasteiger partial charge in [0, 0.05) is 43.7 Å². The monoisotopic (exact) mass is 533 g/mol. The number of carbonyl (C=O) groups excluding carboxylic acids is 2. The van der Waals surface area contributed by atoms with E-state index >= 15 is 0 Å². The number of aryl methyl sites for hydroxylation is 2. The Morgan fingerprint density at radius 2 is 1.90 bits per heavy atom. The molecule has 4 aromatic rings. The van der Waals surface area contributed by atoms with Gasteiger partial charge >= 0.3 is 5.97 Å². The molecule has 0 aliphatic rings. The molecule has 0 saturated heterocycles. The first kappa shape index (κ1) is 27.3. The number of esters is 1. The number of nitro benzene ring substituents is 1. The van der Waals surface area contributed by atoms with E-state index in [2.05, 4.69) is 4.99 Å².